The van der Waals surface area contributed by atoms with Crippen LogP contribution in [0.15, 0.2) is 42.5 Å². The number of carbonyl (C=O) groups excluding carboxylic acids is 1. The molecule has 0 aliphatic rings. The molecule has 0 atom stereocenters. The van der Waals surface area contributed by atoms with Crippen molar-refractivity contribution < 1.29 is 9.90 Å². The number of hydrogen-bond acceptors (Lipinski definition) is 3. The Hall–Kier alpha value is -2.80. The predicted octanol–water partition coefficient (Wildman–Crippen LogP) is 2.84. The lowest BCUT2D eigenvalue weighted by Crippen LogP contribution is -2.26. The minimum atomic E-state index is -0.239. The predicted molar refractivity (Wildman–Crippen MR) is 79.8 cm³/mol. The molecule has 0 saturated carbocycles. The SMILES string of the molecule is Cc1ccc(C(=O)N(C)Cc2ccc(C#N)cc2)c(O)c1. The van der Waals surface area contributed by atoms with Crippen molar-refractivity contribution >= 4 is 5.91 Å². The molecule has 0 aromatic heterocycles. The van der Waals surface area contributed by atoms with Gasteiger partial charge in [-0.2, -0.15) is 5.26 Å². The van der Waals surface area contributed by atoms with Gasteiger partial charge in [0.1, 0.15) is 5.75 Å². The summed E-state index contributed by atoms with van der Waals surface area (Å²) in [5, 5.41) is 18.6. The van der Waals surface area contributed by atoms with Gasteiger partial charge in [0.15, 0.2) is 0 Å². The lowest BCUT2D eigenvalue weighted by atomic mass is 10.1. The monoisotopic (exact) mass is 280 g/mol. The van der Waals surface area contributed by atoms with Crippen LogP contribution in [0.5, 0.6) is 5.75 Å². The second-order valence-electron chi connectivity index (χ2n) is 4.99. The van der Waals surface area contributed by atoms with Crippen LogP contribution >= 0.6 is 0 Å². The number of amides is 1. The summed E-state index contributed by atoms with van der Waals surface area (Å²) >= 11 is 0. The van der Waals surface area contributed by atoms with Gasteiger partial charge in [-0.25, -0.2) is 0 Å². The van der Waals surface area contributed by atoms with Crippen LogP contribution in [0.2, 0.25) is 0 Å². The number of aromatic hydroxyl groups is 1. The molecule has 2 rings (SSSR count). The molecule has 0 bridgehead atoms. The minimum Gasteiger partial charge on any atom is -0.507 e. The Kier molecular flexibility index (Phi) is 4.24. The van der Waals surface area contributed by atoms with Crippen molar-refractivity contribution in [1.29, 1.82) is 5.26 Å². The normalized spacial score (nSPS) is 9.95. The van der Waals surface area contributed by atoms with E-state index in [2.05, 4.69) is 6.07 Å². The zero-order chi connectivity index (χ0) is 15.4. The number of phenols is 1. The van der Waals surface area contributed by atoms with E-state index in [-0.39, 0.29) is 17.2 Å². The standard InChI is InChI=1S/C17H16N2O2/c1-12-3-8-15(16(20)9-12)17(21)19(2)11-14-6-4-13(10-18)5-7-14/h3-9,20H,11H2,1-2H3. The minimum absolute atomic E-state index is 0.00771. The first-order chi connectivity index (χ1) is 10.0. The second kappa shape index (κ2) is 6.10. The zero-order valence-electron chi connectivity index (χ0n) is 12.0. The quantitative estimate of drug-likeness (QED) is 0.940. The third-order valence-corrected chi connectivity index (χ3v) is 3.23. The van der Waals surface area contributed by atoms with Gasteiger partial charge in [0.2, 0.25) is 0 Å². The smallest absolute Gasteiger partial charge is 0.257 e. The van der Waals surface area contributed by atoms with Crippen molar-refractivity contribution in [2.75, 3.05) is 7.05 Å². The topological polar surface area (TPSA) is 64.3 Å². The molecule has 0 fully saturated rings. The molecule has 1 N–H and O–H groups in total. The summed E-state index contributed by atoms with van der Waals surface area (Å²) in [5.74, 6) is -0.247. The van der Waals surface area contributed by atoms with Crippen LogP contribution < -0.4 is 0 Å². The van der Waals surface area contributed by atoms with Gasteiger partial charge in [0.25, 0.3) is 5.91 Å². The summed E-state index contributed by atoms with van der Waals surface area (Å²) in [7, 11) is 1.68. The highest BCUT2D eigenvalue weighted by Crippen LogP contribution is 2.20. The van der Waals surface area contributed by atoms with E-state index in [1.54, 1.807) is 37.4 Å². The number of carbonyl (C=O) groups is 1. The lowest BCUT2D eigenvalue weighted by molar-refractivity contribution is 0.0782. The summed E-state index contributed by atoms with van der Waals surface area (Å²) in [5.41, 5.74) is 2.70. The Labute approximate surface area is 123 Å². The Bertz CT molecular complexity index is 700. The molecular formula is C17H16N2O2. The summed E-state index contributed by atoms with van der Waals surface area (Å²) in [4.78, 5) is 13.9. The third kappa shape index (κ3) is 3.40. The number of nitrogens with zero attached hydrogens (tertiary/aromatic N) is 2. The first kappa shape index (κ1) is 14.6. The van der Waals surface area contributed by atoms with Crippen LogP contribution in [0.4, 0.5) is 0 Å². The number of phenolic OH excluding ortho intramolecular Hbond substituents is 1. The Morgan fingerprint density at radius 2 is 1.90 bits per heavy atom. The van der Waals surface area contributed by atoms with Crippen LogP contribution in [0.25, 0.3) is 0 Å². The van der Waals surface area contributed by atoms with Crippen LogP contribution in [-0.2, 0) is 6.54 Å². The van der Waals surface area contributed by atoms with Crippen LogP contribution in [0, 0.1) is 18.3 Å². The van der Waals surface area contributed by atoms with Crippen molar-refractivity contribution in [1.82, 2.24) is 4.90 Å². The molecular weight excluding hydrogens is 264 g/mol. The van der Waals surface area contributed by atoms with E-state index in [0.29, 0.717) is 12.1 Å². The Morgan fingerprint density at radius 1 is 1.24 bits per heavy atom. The van der Waals surface area contributed by atoms with Crippen molar-refractivity contribution in [3.05, 3.63) is 64.7 Å². The highest BCUT2D eigenvalue weighted by Gasteiger charge is 2.15. The molecule has 106 valence electrons. The van der Waals surface area contributed by atoms with Gasteiger partial charge in [-0.3, -0.25) is 4.79 Å². The molecule has 4 heteroatoms. The van der Waals surface area contributed by atoms with E-state index in [9.17, 15) is 9.90 Å². The van der Waals surface area contributed by atoms with E-state index in [1.165, 1.54) is 4.90 Å². The first-order valence-corrected chi connectivity index (χ1v) is 6.55. The average molecular weight is 280 g/mol. The summed E-state index contributed by atoms with van der Waals surface area (Å²) in [6.45, 7) is 2.27. The fourth-order valence-corrected chi connectivity index (χ4v) is 2.06. The van der Waals surface area contributed by atoms with Crippen LogP contribution in [0.1, 0.15) is 27.0 Å². The number of aryl methyl sites for hydroxylation is 1. The molecule has 0 aliphatic carbocycles. The van der Waals surface area contributed by atoms with Crippen LogP contribution in [-0.4, -0.2) is 23.0 Å². The van der Waals surface area contributed by atoms with Gasteiger partial charge in [-0.05, 0) is 42.3 Å². The zero-order valence-corrected chi connectivity index (χ0v) is 12.0. The van der Waals surface area contributed by atoms with Crippen molar-refractivity contribution in [2.24, 2.45) is 0 Å². The van der Waals surface area contributed by atoms with E-state index >= 15 is 0 Å². The molecule has 0 radical (unpaired) electrons. The maximum atomic E-state index is 12.3. The highest BCUT2D eigenvalue weighted by molar-refractivity contribution is 5.96. The molecule has 0 heterocycles. The number of rotatable bonds is 3. The molecule has 0 aliphatic heterocycles. The molecule has 1 amide bonds. The fraction of sp³-hybridized carbons (Fsp3) is 0.176. The average Bonchev–Trinajstić information content (AvgIpc) is 2.47. The van der Waals surface area contributed by atoms with Gasteiger partial charge in [-0.1, -0.05) is 18.2 Å². The summed E-state index contributed by atoms with van der Waals surface area (Å²) in [6.07, 6.45) is 0. The summed E-state index contributed by atoms with van der Waals surface area (Å²) < 4.78 is 0. The Balaban J connectivity index is 2.13. The Morgan fingerprint density at radius 3 is 2.48 bits per heavy atom. The maximum Gasteiger partial charge on any atom is 0.257 e. The molecule has 0 spiro atoms. The van der Waals surface area contributed by atoms with E-state index in [4.69, 9.17) is 5.26 Å². The largest absolute Gasteiger partial charge is 0.507 e. The maximum absolute atomic E-state index is 12.3. The molecule has 4 nitrogen and oxygen atoms in total. The molecule has 2 aromatic rings. The van der Waals surface area contributed by atoms with Crippen molar-refractivity contribution in [2.45, 2.75) is 13.5 Å². The van der Waals surface area contributed by atoms with E-state index in [0.717, 1.165) is 11.1 Å². The molecule has 2 aromatic carbocycles. The summed E-state index contributed by atoms with van der Waals surface area (Å²) in [6, 6.07) is 14.1. The van der Waals surface area contributed by atoms with Gasteiger partial charge in [0.05, 0.1) is 17.2 Å². The number of hydrogen-bond donors (Lipinski definition) is 1. The third-order valence-electron chi connectivity index (χ3n) is 3.23. The second-order valence-corrected chi connectivity index (χ2v) is 4.99. The highest BCUT2D eigenvalue weighted by atomic mass is 16.3. The lowest BCUT2D eigenvalue weighted by Gasteiger charge is -2.18. The fourth-order valence-electron chi connectivity index (χ4n) is 2.06. The molecule has 0 unspecified atom stereocenters. The molecule has 0 saturated heterocycles. The van der Waals surface area contributed by atoms with Gasteiger partial charge >= 0.3 is 0 Å². The number of nitriles is 1. The van der Waals surface area contributed by atoms with Gasteiger partial charge in [-0.15, -0.1) is 0 Å². The van der Waals surface area contributed by atoms with Crippen molar-refractivity contribution in [3.63, 3.8) is 0 Å². The van der Waals surface area contributed by atoms with Crippen LogP contribution in [0.3, 0.4) is 0 Å². The van der Waals surface area contributed by atoms with E-state index < -0.39 is 0 Å². The molecule has 21 heavy (non-hydrogen) atoms. The van der Waals surface area contributed by atoms with Gasteiger partial charge < -0.3 is 10.0 Å². The number of benzene rings is 2. The van der Waals surface area contributed by atoms with Gasteiger partial charge in [0, 0.05) is 13.6 Å². The van der Waals surface area contributed by atoms with E-state index in [1.807, 2.05) is 19.1 Å². The first-order valence-electron chi connectivity index (χ1n) is 6.55. The van der Waals surface area contributed by atoms with Crippen molar-refractivity contribution in [3.8, 4) is 11.8 Å².